The number of hydrogen-bond donors (Lipinski definition) is 0. The average Bonchev–Trinajstić information content (AvgIpc) is 3.02. The fraction of sp³-hybridized carbons (Fsp3) is 0.318. The van der Waals surface area contributed by atoms with E-state index >= 15 is 0 Å². The molecule has 1 aliphatic rings. The Kier molecular flexibility index (Phi) is 4.41. The molecule has 0 N–H and O–H groups in total. The van der Waals surface area contributed by atoms with Crippen LogP contribution in [0.15, 0.2) is 48.5 Å². The van der Waals surface area contributed by atoms with Gasteiger partial charge < -0.3 is 14.0 Å². The fourth-order valence-corrected chi connectivity index (χ4v) is 4.20. The van der Waals surface area contributed by atoms with Crippen molar-refractivity contribution in [2.45, 2.75) is 31.7 Å². The molecule has 134 valence electrons. The Morgan fingerprint density at radius 2 is 1.92 bits per heavy atom. The summed E-state index contributed by atoms with van der Waals surface area (Å²) in [5, 5.41) is 1.12. The summed E-state index contributed by atoms with van der Waals surface area (Å²) in [6.07, 6.45) is 3.59. The third kappa shape index (κ3) is 2.66. The van der Waals surface area contributed by atoms with Gasteiger partial charge in [-0.2, -0.15) is 0 Å². The zero-order valence-corrected chi connectivity index (χ0v) is 15.2. The molecule has 1 atom stereocenters. The van der Waals surface area contributed by atoms with Crippen molar-refractivity contribution in [2.75, 3.05) is 14.2 Å². The number of hydrogen-bond acceptors (Lipinski definition) is 3. The molecule has 4 rings (SSSR count). The molecule has 0 spiro atoms. The second kappa shape index (κ2) is 6.87. The summed E-state index contributed by atoms with van der Waals surface area (Å²) in [7, 11) is 3.17. The molecule has 0 radical (unpaired) electrons. The zero-order chi connectivity index (χ0) is 18.1. The van der Waals surface area contributed by atoms with Gasteiger partial charge in [-0.05, 0) is 48.9 Å². The number of aromatic nitrogens is 1. The van der Waals surface area contributed by atoms with E-state index in [1.165, 1.54) is 23.9 Å². The third-order valence-electron chi connectivity index (χ3n) is 5.32. The van der Waals surface area contributed by atoms with E-state index < -0.39 is 0 Å². The van der Waals surface area contributed by atoms with E-state index in [0.29, 0.717) is 0 Å². The van der Waals surface area contributed by atoms with Crippen LogP contribution in [0.5, 0.6) is 5.75 Å². The Bertz CT molecular complexity index is 943. The van der Waals surface area contributed by atoms with Gasteiger partial charge in [0.25, 0.3) is 0 Å². The van der Waals surface area contributed by atoms with E-state index in [9.17, 15) is 4.79 Å². The number of ether oxygens (including phenoxy) is 2. The maximum absolute atomic E-state index is 12.4. The summed E-state index contributed by atoms with van der Waals surface area (Å²) in [6.45, 7) is 0. The molecule has 0 amide bonds. The summed E-state index contributed by atoms with van der Waals surface area (Å²) in [4.78, 5) is 12.4. The van der Waals surface area contributed by atoms with E-state index in [1.54, 1.807) is 7.11 Å². The minimum Gasteiger partial charge on any atom is -0.496 e. The molecule has 3 aromatic rings. The number of carbonyl (C=O) groups excluding carboxylic acids is 1. The molecule has 4 heteroatoms. The highest BCUT2D eigenvalue weighted by Gasteiger charge is 2.32. The Hall–Kier alpha value is -2.75. The summed E-state index contributed by atoms with van der Waals surface area (Å²) in [6, 6.07) is 16.3. The second-order valence-corrected chi connectivity index (χ2v) is 6.74. The first kappa shape index (κ1) is 16.7. The molecule has 0 saturated carbocycles. The molecule has 0 bridgehead atoms. The number of methoxy groups -OCH3 is 2. The van der Waals surface area contributed by atoms with Crippen LogP contribution < -0.4 is 4.74 Å². The fourth-order valence-electron chi connectivity index (χ4n) is 4.20. The van der Waals surface area contributed by atoms with Gasteiger partial charge in [0, 0.05) is 11.1 Å². The summed E-state index contributed by atoms with van der Waals surface area (Å²) in [5.41, 5.74) is 4.81. The van der Waals surface area contributed by atoms with Crippen LogP contribution in [0.1, 0.15) is 35.7 Å². The van der Waals surface area contributed by atoms with Gasteiger partial charge in [0.15, 0.2) is 0 Å². The quantitative estimate of drug-likeness (QED) is 0.660. The van der Waals surface area contributed by atoms with Crippen LogP contribution in [0.2, 0.25) is 0 Å². The van der Waals surface area contributed by atoms with Gasteiger partial charge >= 0.3 is 5.97 Å². The van der Waals surface area contributed by atoms with E-state index in [0.717, 1.165) is 42.3 Å². The maximum Gasteiger partial charge on any atom is 0.328 e. The number of esters is 1. The largest absolute Gasteiger partial charge is 0.496 e. The normalized spacial score (nSPS) is 16.3. The van der Waals surface area contributed by atoms with Crippen LogP contribution >= 0.6 is 0 Å². The lowest BCUT2D eigenvalue weighted by atomic mass is 9.96. The molecule has 2 aromatic carbocycles. The van der Waals surface area contributed by atoms with Crippen molar-refractivity contribution in [2.24, 2.45) is 0 Å². The van der Waals surface area contributed by atoms with E-state index in [-0.39, 0.29) is 12.0 Å². The lowest BCUT2D eigenvalue weighted by Gasteiger charge is -2.25. The molecular weight excluding hydrogens is 326 g/mol. The smallest absolute Gasteiger partial charge is 0.328 e. The van der Waals surface area contributed by atoms with Crippen molar-refractivity contribution in [1.29, 1.82) is 0 Å². The molecule has 0 saturated heterocycles. The Balaban J connectivity index is 1.97. The van der Waals surface area contributed by atoms with Gasteiger partial charge in [-0.15, -0.1) is 0 Å². The lowest BCUT2D eigenvalue weighted by molar-refractivity contribution is -0.145. The number of fused-ring (bicyclic) bond motifs is 3. The van der Waals surface area contributed by atoms with Gasteiger partial charge in [-0.3, -0.25) is 0 Å². The zero-order valence-electron chi connectivity index (χ0n) is 15.2. The summed E-state index contributed by atoms with van der Waals surface area (Å²) < 4.78 is 13.0. The topological polar surface area (TPSA) is 40.5 Å². The van der Waals surface area contributed by atoms with E-state index in [1.807, 2.05) is 18.2 Å². The first-order chi connectivity index (χ1) is 12.7. The number of carbonyl (C=O) groups is 1. The highest BCUT2D eigenvalue weighted by atomic mass is 16.5. The van der Waals surface area contributed by atoms with E-state index in [2.05, 4.69) is 34.9 Å². The van der Waals surface area contributed by atoms with Gasteiger partial charge in [0.1, 0.15) is 11.8 Å². The summed E-state index contributed by atoms with van der Waals surface area (Å²) in [5.74, 6) is 0.691. The van der Waals surface area contributed by atoms with Crippen molar-refractivity contribution in [3.63, 3.8) is 0 Å². The van der Waals surface area contributed by atoms with Crippen molar-refractivity contribution in [3.05, 3.63) is 65.4 Å². The Morgan fingerprint density at radius 1 is 1.12 bits per heavy atom. The Labute approximate surface area is 153 Å². The molecular formula is C22H23NO3. The number of rotatable bonds is 4. The highest BCUT2D eigenvalue weighted by molar-refractivity contribution is 5.93. The van der Waals surface area contributed by atoms with Gasteiger partial charge in [0.2, 0.25) is 0 Å². The predicted molar refractivity (Wildman–Crippen MR) is 102 cm³/mol. The minimum absolute atomic E-state index is 0.170. The standard InChI is InChI=1S/C22H23NO3/c1-25-20-13-7-11-18-21(20)16(14-15-8-4-3-5-9-15)17-10-6-12-19(23(17)18)22(24)26-2/h3-5,7-9,11,13,19H,6,10,12,14H2,1-2H3. The third-order valence-corrected chi connectivity index (χ3v) is 5.32. The van der Waals surface area contributed by atoms with Crippen LogP contribution in [-0.4, -0.2) is 24.8 Å². The lowest BCUT2D eigenvalue weighted by Crippen LogP contribution is -2.26. The van der Waals surface area contributed by atoms with Crippen molar-refractivity contribution < 1.29 is 14.3 Å². The molecule has 1 aromatic heterocycles. The SMILES string of the molecule is COC(=O)C1CCCc2c(Cc3ccccc3)c3c(OC)cccc3n21. The minimum atomic E-state index is -0.261. The average molecular weight is 349 g/mol. The summed E-state index contributed by atoms with van der Waals surface area (Å²) >= 11 is 0. The second-order valence-electron chi connectivity index (χ2n) is 6.74. The molecule has 2 heterocycles. The first-order valence-corrected chi connectivity index (χ1v) is 9.05. The van der Waals surface area contributed by atoms with Gasteiger partial charge in [-0.1, -0.05) is 36.4 Å². The predicted octanol–water partition coefficient (Wildman–Crippen LogP) is 4.29. The van der Waals surface area contributed by atoms with Crippen LogP contribution in [0.25, 0.3) is 10.9 Å². The molecule has 1 unspecified atom stereocenters. The molecule has 4 nitrogen and oxygen atoms in total. The van der Waals surface area contributed by atoms with Crippen LogP contribution in [0.4, 0.5) is 0 Å². The number of nitrogens with zero attached hydrogens (tertiary/aromatic N) is 1. The van der Waals surface area contributed by atoms with Crippen LogP contribution in [0.3, 0.4) is 0 Å². The van der Waals surface area contributed by atoms with Crippen LogP contribution in [0, 0.1) is 0 Å². The van der Waals surface area contributed by atoms with E-state index in [4.69, 9.17) is 9.47 Å². The molecule has 0 fully saturated rings. The van der Waals surface area contributed by atoms with Crippen LogP contribution in [-0.2, 0) is 22.4 Å². The molecule has 26 heavy (non-hydrogen) atoms. The van der Waals surface area contributed by atoms with Gasteiger partial charge in [0.05, 0.1) is 19.7 Å². The van der Waals surface area contributed by atoms with Crippen molar-refractivity contribution in [3.8, 4) is 5.75 Å². The monoisotopic (exact) mass is 349 g/mol. The molecule has 0 aliphatic carbocycles. The Morgan fingerprint density at radius 3 is 2.65 bits per heavy atom. The highest BCUT2D eigenvalue weighted by Crippen LogP contribution is 2.41. The number of benzene rings is 2. The van der Waals surface area contributed by atoms with Gasteiger partial charge in [-0.25, -0.2) is 4.79 Å². The van der Waals surface area contributed by atoms with Crippen molar-refractivity contribution >= 4 is 16.9 Å². The first-order valence-electron chi connectivity index (χ1n) is 9.05. The maximum atomic E-state index is 12.4. The molecule has 1 aliphatic heterocycles. The van der Waals surface area contributed by atoms with Crippen molar-refractivity contribution in [1.82, 2.24) is 4.57 Å².